The van der Waals surface area contributed by atoms with Gasteiger partial charge in [0.1, 0.15) is 6.04 Å². The molecule has 5 nitrogen and oxygen atoms in total. The summed E-state index contributed by atoms with van der Waals surface area (Å²) in [4.78, 5) is 10.5. The Hall–Kier alpha value is -1.17. The highest BCUT2D eigenvalue weighted by atomic mass is 35.5. The lowest BCUT2D eigenvalue weighted by molar-refractivity contribution is -0.520. The smallest absolute Gasteiger partial charge is 0.247 e. The van der Waals surface area contributed by atoms with Gasteiger partial charge in [-0.3, -0.25) is 15.5 Å². The summed E-state index contributed by atoms with van der Waals surface area (Å²) in [7, 11) is 0. The molecule has 0 spiro atoms. The van der Waals surface area contributed by atoms with Crippen LogP contribution in [0.3, 0.4) is 0 Å². The van der Waals surface area contributed by atoms with Crippen molar-refractivity contribution in [3.8, 4) is 0 Å². The lowest BCUT2D eigenvalue weighted by Gasteiger charge is -2.13. The van der Waals surface area contributed by atoms with Gasteiger partial charge in [-0.15, -0.1) is 0 Å². The lowest BCUT2D eigenvalue weighted by atomic mass is 10.0. The SMILES string of the molecule is O=[N+]([O-])C1CNNC1c1ccccc1Cl. The van der Waals surface area contributed by atoms with Gasteiger partial charge in [-0.2, -0.15) is 0 Å². The normalized spacial score (nSPS) is 25.4. The van der Waals surface area contributed by atoms with Crippen molar-refractivity contribution in [1.82, 2.24) is 10.9 Å². The zero-order valence-electron chi connectivity index (χ0n) is 7.81. The van der Waals surface area contributed by atoms with E-state index in [0.29, 0.717) is 11.6 Å². The van der Waals surface area contributed by atoms with Gasteiger partial charge in [0.25, 0.3) is 0 Å². The molecule has 1 aliphatic rings. The molecule has 15 heavy (non-hydrogen) atoms. The molecular weight excluding hydrogens is 218 g/mol. The zero-order valence-corrected chi connectivity index (χ0v) is 8.57. The Labute approximate surface area is 91.5 Å². The van der Waals surface area contributed by atoms with Crippen molar-refractivity contribution in [2.24, 2.45) is 0 Å². The minimum Gasteiger partial charge on any atom is -0.264 e. The lowest BCUT2D eigenvalue weighted by Crippen LogP contribution is -2.29. The van der Waals surface area contributed by atoms with E-state index >= 15 is 0 Å². The molecule has 80 valence electrons. The quantitative estimate of drug-likeness (QED) is 0.587. The number of nitrogens with zero attached hydrogens (tertiary/aromatic N) is 1. The van der Waals surface area contributed by atoms with E-state index in [1.807, 2.05) is 6.07 Å². The Kier molecular flexibility index (Phi) is 2.86. The average Bonchev–Trinajstić information content (AvgIpc) is 2.67. The van der Waals surface area contributed by atoms with Crippen molar-refractivity contribution in [2.45, 2.75) is 12.1 Å². The Balaban J connectivity index is 2.30. The summed E-state index contributed by atoms with van der Waals surface area (Å²) >= 11 is 5.98. The van der Waals surface area contributed by atoms with Crippen LogP contribution in [0.5, 0.6) is 0 Å². The molecule has 0 saturated carbocycles. The van der Waals surface area contributed by atoms with Gasteiger partial charge in [0.15, 0.2) is 0 Å². The molecule has 2 unspecified atom stereocenters. The summed E-state index contributed by atoms with van der Waals surface area (Å²) in [5, 5.41) is 11.3. The van der Waals surface area contributed by atoms with E-state index < -0.39 is 6.04 Å². The van der Waals surface area contributed by atoms with E-state index in [2.05, 4.69) is 10.9 Å². The van der Waals surface area contributed by atoms with Crippen LogP contribution in [0.15, 0.2) is 24.3 Å². The monoisotopic (exact) mass is 227 g/mol. The topological polar surface area (TPSA) is 67.2 Å². The Bertz CT molecular complexity index is 385. The Morgan fingerprint density at radius 1 is 1.47 bits per heavy atom. The highest BCUT2D eigenvalue weighted by Crippen LogP contribution is 2.27. The molecule has 6 heteroatoms. The van der Waals surface area contributed by atoms with Gasteiger partial charge >= 0.3 is 0 Å². The van der Waals surface area contributed by atoms with Crippen molar-refractivity contribution in [3.05, 3.63) is 45.0 Å². The van der Waals surface area contributed by atoms with Crippen molar-refractivity contribution in [2.75, 3.05) is 6.54 Å². The van der Waals surface area contributed by atoms with Crippen LogP contribution < -0.4 is 10.9 Å². The molecule has 1 aliphatic heterocycles. The molecule has 1 saturated heterocycles. The predicted molar refractivity (Wildman–Crippen MR) is 56.1 cm³/mol. The number of halogens is 1. The first-order valence-corrected chi connectivity index (χ1v) is 4.94. The predicted octanol–water partition coefficient (Wildman–Crippen LogP) is 1.13. The molecule has 1 aromatic rings. The van der Waals surface area contributed by atoms with Gasteiger partial charge < -0.3 is 0 Å². The van der Waals surface area contributed by atoms with Crippen LogP contribution in [0.2, 0.25) is 5.02 Å². The second-order valence-electron chi connectivity index (χ2n) is 3.38. The first-order valence-electron chi connectivity index (χ1n) is 4.56. The first kappa shape index (κ1) is 10.4. The van der Waals surface area contributed by atoms with Crippen LogP contribution in [-0.4, -0.2) is 17.5 Å². The first-order chi connectivity index (χ1) is 7.20. The summed E-state index contributed by atoms with van der Waals surface area (Å²) in [6, 6.07) is 6.10. The molecule has 1 heterocycles. The van der Waals surface area contributed by atoms with Crippen molar-refractivity contribution < 1.29 is 4.92 Å². The number of rotatable bonds is 2. The van der Waals surface area contributed by atoms with E-state index in [4.69, 9.17) is 11.6 Å². The van der Waals surface area contributed by atoms with Gasteiger partial charge in [0.2, 0.25) is 6.04 Å². The molecule has 0 bridgehead atoms. The van der Waals surface area contributed by atoms with Crippen LogP contribution in [-0.2, 0) is 0 Å². The summed E-state index contributed by atoms with van der Waals surface area (Å²) in [5.41, 5.74) is 6.40. The fourth-order valence-corrected chi connectivity index (χ4v) is 1.95. The van der Waals surface area contributed by atoms with E-state index in [0.717, 1.165) is 5.56 Å². The number of hydrogen-bond donors (Lipinski definition) is 2. The summed E-state index contributed by atoms with van der Waals surface area (Å²) in [6.45, 7) is 0.308. The molecule has 0 aliphatic carbocycles. The summed E-state index contributed by atoms with van der Waals surface area (Å²) in [6.07, 6.45) is 0. The molecule has 2 N–H and O–H groups in total. The minimum absolute atomic E-state index is 0.291. The molecule has 0 aromatic heterocycles. The second kappa shape index (κ2) is 4.14. The van der Waals surface area contributed by atoms with Crippen LogP contribution in [0.25, 0.3) is 0 Å². The van der Waals surface area contributed by atoms with E-state index in [1.54, 1.807) is 18.2 Å². The number of nitrogens with one attached hydrogen (secondary N) is 2. The third kappa shape index (κ3) is 1.94. The van der Waals surface area contributed by atoms with Crippen molar-refractivity contribution in [3.63, 3.8) is 0 Å². The van der Waals surface area contributed by atoms with E-state index in [1.165, 1.54) is 0 Å². The van der Waals surface area contributed by atoms with Gasteiger partial charge in [0.05, 0.1) is 6.54 Å². The zero-order chi connectivity index (χ0) is 10.8. The molecule has 1 aromatic carbocycles. The standard InChI is InChI=1S/C9H10ClN3O2/c10-7-4-2-1-3-6(7)9-8(13(14)15)5-11-12-9/h1-4,8-9,11-12H,5H2. The summed E-state index contributed by atoms with van der Waals surface area (Å²) in [5.74, 6) is 0. The van der Waals surface area contributed by atoms with Crippen LogP contribution in [0.4, 0.5) is 0 Å². The van der Waals surface area contributed by atoms with Crippen LogP contribution >= 0.6 is 11.6 Å². The fourth-order valence-electron chi connectivity index (χ4n) is 1.70. The number of hydrogen-bond acceptors (Lipinski definition) is 4. The molecule has 0 amide bonds. The minimum atomic E-state index is -0.676. The summed E-state index contributed by atoms with van der Waals surface area (Å²) < 4.78 is 0. The third-order valence-corrected chi connectivity index (χ3v) is 2.81. The highest BCUT2D eigenvalue weighted by Gasteiger charge is 2.38. The maximum absolute atomic E-state index is 10.8. The maximum Gasteiger partial charge on any atom is 0.247 e. The Morgan fingerprint density at radius 2 is 2.20 bits per heavy atom. The van der Waals surface area contributed by atoms with Crippen molar-refractivity contribution >= 4 is 11.6 Å². The highest BCUT2D eigenvalue weighted by molar-refractivity contribution is 6.31. The molecule has 2 rings (SSSR count). The van der Waals surface area contributed by atoms with E-state index in [-0.39, 0.29) is 11.0 Å². The van der Waals surface area contributed by atoms with E-state index in [9.17, 15) is 10.1 Å². The molecule has 1 fully saturated rings. The van der Waals surface area contributed by atoms with Crippen molar-refractivity contribution in [1.29, 1.82) is 0 Å². The number of nitro groups is 1. The van der Waals surface area contributed by atoms with Crippen LogP contribution in [0.1, 0.15) is 11.6 Å². The van der Waals surface area contributed by atoms with Gasteiger partial charge in [-0.25, -0.2) is 5.43 Å². The van der Waals surface area contributed by atoms with Gasteiger partial charge in [0, 0.05) is 9.95 Å². The largest absolute Gasteiger partial charge is 0.264 e. The number of benzene rings is 1. The molecule has 0 radical (unpaired) electrons. The second-order valence-corrected chi connectivity index (χ2v) is 3.78. The van der Waals surface area contributed by atoms with Gasteiger partial charge in [-0.1, -0.05) is 29.8 Å². The van der Waals surface area contributed by atoms with Crippen LogP contribution in [0, 0.1) is 10.1 Å². The maximum atomic E-state index is 10.8. The number of hydrazine groups is 1. The third-order valence-electron chi connectivity index (χ3n) is 2.46. The van der Waals surface area contributed by atoms with Gasteiger partial charge in [-0.05, 0) is 11.6 Å². The molecular formula is C9H10ClN3O2. The molecule has 2 atom stereocenters. The Morgan fingerprint density at radius 3 is 2.87 bits per heavy atom. The fraction of sp³-hybridized carbons (Fsp3) is 0.333. The average molecular weight is 228 g/mol.